The van der Waals surface area contributed by atoms with Gasteiger partial charge in [0.05, 0.1) is 137 Å². The highest BCUT2D eigenvalue weighted by Crippen LogP contribution is 2.39. The molecule has 1 aliphatic heterocycles. The van der Waals surface area contributed by atoms with Gasteiger partial charge in [-0.25, -0.2) is 4.98 Å². The summed E-state index contributed by atoms with van der Waals surface area (Å²) >= 11 is 0. The molecule has 1 aliphatic rings. The summed E-state index contributed by atoms with van der Waals surface area (Å²) in [5, 5.41) is 16.0. The zero-order chi connectivity index (χ0) is 61.4. The summed E-state index contributed by atoms with van der Waals surface area (Å²) in [6.07, 6.45) is 10.3. The van der Waals surface area contributed by atoms with Crippen LogP contribution in [-0.4, -0.2) is 208 Å². The van der Waals surface area contributed by atoms with Crippen LogP contribution in [0.1, 0.15) is 116 Å². The standard InChI is InChI=1S/C60H100N5O18P/c1-46(2)38-53(62-60(72)55-19-15-22-65(55)58(70)20-23-77-26-27-79-30-31-81-34-35-83-37-36-82-33-32-80-29-28-78-25-24-76-5)56(68)40-50(59(71)63-54(43-66)57(69)41-52(48(4)67)47(3)44-84(73,74)75)39-51-42-61-45-64(51)21-14-9-7-6-8-11-16-49-17-12-10-13-18-49/h10,12-13,17-18,42,45-47,50,52-55,66H,6-9,11,14-16,19-41,43-44H2,1-5H3,(H,62,72)(H,63,71)(H2,73,74,75)/t47-,50+,52-,53-,54-,55-/m0/s1. The van der Waals surface area contributed by atoms with Gasteiger partial charge in [-0.05, 0) is 62.8 Å². The summed E-state index contributed by atoms with van der Waals surface area (Å²) in [5.74, 6) is -6.25. The van der Waals surface area contributed by atoms with Gasteiger partial charge in [0.1, 0.15) is 17.9 Å². The van der Waals surface area contributed by atoms with E-state index in [4.69, 9.17) is 37.9 Å². The van der Waals surface area contributed by atoms with Crippen molar-refractivity contribution in [2.75, 3.05) is 126 Å². The number of nitrogens with one attached hydrogen (secondary N) is 2. The van der Waals surface area contributed by atoms with Gasteiger partial charge in [-0.1, -0.05) is 76.8 Å². The average molecular weight is 1210 g/mol. The lowest BCUT2D eigenvalue weighted by Gasteiger charge is -2.28. The van der Waals surface area contributed by atoms with Gasteiger partial charge in [-0.3, -0.25) is 33.3 Å². The minimum atomic E-state index is -4.54. The van der Waals surface area contributed by atoms with E-state index in [0.29, 0.717) is 118 Å². The molecule has 6 atom stereocenters. The summed E-state index contributed by atoms with van der Waals surface area (Å²) in [6, 6.07) is 7.07. The number of rotatable bonds is 52. The number of aliphatic hydroxyl groups is 1. The molecule has 3 amide bonds. The Kier molecular flexibility index (Phi) is 38.8. The third-order valence-electron chi connectivity index (χ3n) is 14.5. The van der Waals surface area contributed by atoms with Crippen molar-refractivity contribution in [3.05, 3.63) is 54.1 Å². The van der Waals surface area contributed by atoms with Crippen LogP contribution in [0.5, 0.6) is 0 Å². The second kappa shape index (κ2) is 44.1. The van der Waals surface area contributed by atoms with Crippen LogP contribution in [0, 0.1) is 23.7 Å². The van der Waals surface area contributed by atoms with Crippen molar-refractivity contribution in [3.63, 3.8) is 0 Å². The van der Waals surface area contributed by atoms with Crippen LogP contribution in [0.3, 0.4) is 0 Å². The number of hydrogen-bond donors (Lipinski definition) is 5. The van der Waals surface area contributed by atoms with Crippen LogP contribution >= 0.6 is 7.60 Å². The van der Waals surface area contributed by atoms with Crippen molar-refractivity contribution in [2.45, 2.75) is 142 Å². The molecule has 2 aromatic rings. The van der Waals surface area contributed by atoms with Gasteiger partial charge in [-0.15, -0.1) is 0 Å². The van der Waals surface area contributed by atoms with E-state index in [1.807, 2.05) is 24.5 Å². The van der Waals surface area contributed by atoms with Gasteiger partial charge in [0.25, 0.3) is 0 Å². The third-order valence-corrected chi connectivity index (χ3v) is 15.5. The molecule has 0 saturated carbocycles. The van der Waals surface area contributed by atoms with Crippen LogP contribution in [-0.2, 0) is 90.6 Å². The zero-order valence-corrected chi connectivity index (χ0v) is 51.6. The molecular weight excluding hydrogens is 1110 g/mol. The molecule has 0 unspecified atom stereocenters. The van der Waals surface area contributed by atoms with Crippen LogP contribution in [0.25, 0.3) is 0 Å². The fourth-order valence-electron chi connectivity index (χ4n) is 9.92. The molecule has 84 heavy (non-hydrogen) atoms. The first kappa shape index (κ1) is 73.9. The van der Waals surface area contributed by atoms with Crippen LogP contribution in [0.15, 0.2) is 42.9 Å². The highest BCUT2D eigenvalue weighted by atomic mass is 31.2. The Bertz CT molecular complexity index is 2200. The number of ketones is 3. The number of likely N-dealkylation sites (tertiary alicyclic amines) is 1. The second-order valence-electron chi connectivity index (χ2n) is 21.9. The fraction of sp³-hybridized carbons (Fsp3) is 0.750. The number of nitrogens with zero attached hydrogens (tertiary/aromatic N) is 3. The van der Waals surface area contributed by atoms with Crippen LogP contribution < -0.4 is 10.6 Å². The van der Waals surface area contributed by atoms with E-state index in [0.717, 1.165) is 44.9 Å². The summed E-state index contributed by atoms with van der Waals surface area (Å²) in [5.41, 5.74) is 2.00. The maximum Gasteiger partial charge on any atom is 0.325 e. The SMILES string of the molecule is COCCOCCOCCOCCOCCOCCOCCOCCC(=O)N1CCC[C@H]1C(=O)N[C@@H](CC(C)C)C(=O)C[C@@H](Cc1cncn1CCCCCCCCc1ccccc1)C(=O)N[C@@H](CO)C(=O)C[C@H](C(C)=O)[C@@H](C)CP(=O)(O)O. The number of carbonyl (C=O) groups excluding carboxylic acids is 6. The number of methoxy groups -OCH3 is 1. The van der Waals surface area contributed by atoms with Crippen molar-refractivity contribution < 1.29 is 86.1 Å². The number of ether oxygens (including phenoxy) is 8. The molecule has 0 spiro atoms. The molecule has 1 fully saturated rings. The summed E-state index contributed by atoms with van der Waals surface area (Å²) in [4.78, 5) is 108. The molecule has 5 N–H and O–H groups in total. The number of imidazole rings is 1. The van der Waals surface area contributed by atoms with E-state index in [-0.39, 0.29) is 50.7 Å². The van der Waals surface area contributed by atoms with Crippen molar-refractivity contribution in [1.82, 2.24) is 25.1 Å². The number of Topliss-reactive ketones (excluding diaryl/α,β-unsaturated/α-hetero) is 3. The van der Waals surface area contributed by atoms with E-state index in [9.17, 15) is 48.2 Å². The first-order valence-corrected chi connectivity index (χ1v) is 31.9. The number of aryl methyl sites for hydroxylation is 2. The molecule has 3 rings (SSSR count). The second-order valence-corrected chi connectivity index (χ2v) is 23.6. The van der Waals surface area contributed by atoms with E-state index in [1.54, 1.807) is 19.6 Å². The first-order chi connectivity index (χ1) is 40.4. The number of unbranched alkanes of at least 4 members (excludes halogenated alkanes) is 5. The van der Waals surface area contributed by atoms with Gasteiger partial charge in [-0.2, -0.15) is 0 Å². The molecule has 1 saturated heterocycles. The van der Waals surface area contributed by atoms with E-state index in [2.05, 4.69) is 39.9 Å². The van der Waals surface area contributed by atoms with Gasteiger partial charge in [0, 0.05) is 57.3 Å². The maximum atomic E-state index is 14.5. The largest absolute Gasteiger partial charge is 0.394 e. The predicted molar refractivity (Wildman–Crippen MR) is 314 cm³/mol. The molecule has 0 radical (unpaired) electrons. The summed E-state index contributed by atoms with van der Waals surface area (Å²) in [7, 11) is -2.91. The van der Waals surface area contributed by atoms with E-state index in [1.165, 1.54) is 24.3 Å². The molecule has 2 heterocycles. The molecule has 1 aromatic carbocycles. The summed E-state index contributed by atoms with van der Waals surface area (Å²) in [6.45, 7) is 12.7. The van der Waals surface area contributed by atoms with Crippen molar-refractivity contribution in [1.29, 1.82) is 0 Å². The normalized spacial score (nSPS) is 15.4. The highest BCUT2D eigenvalue weighted by molar-refractivity contribution is 7.51. The highest BCUT2D eigenvalue weighted by Gasteiger charge is 2.38. The molecule has 24 heteroatoms. The Labute approximate surface area is 497 Å². The van der Waals surface area contributed by atoms with Crippen LogP contribution in [0.2, 0.25) is 0 Å². The Hall–Kier alpha value is -4.36. The van der Waals surface area contributed by atoms with Crippen LogP contribution in [0.4, 0.5) is 0 Å². The quantitative estimate of drug-likeness (QED) is 0.0442. The maximum absolute atomic E-state index is 14.5. The van der Waals surface area contributed by atoms with Crippen molar-refractivity contribution >= 4 is 42.7 Å². The van der Waals surface area contributed by atoms with Gasteiger partial charge in [0.15, 0.2) is 11.6 Å². The Morgan fingerprint density at radius 2 is 1.24 bits per heavy atom. The predicted octanol–water partition coefficient (Wildman–Crippen LogP) is 4.71. The molecule has 478 valence electrons. The summed E-state index contributed by atoms with van der Waals surface area (Å²) < 4.78 is 57.2. The number of carbonyl (C=O) groups is 6. The minimum absolute atomic E-state index is 0.0223. The number of amides is 3. The lowest BCUT2D eigenvalue weighted by molar-refractivity contribution is -0.140. The average Bonchev–Trinajstić information content (AvgIpc) is 4.35. The first-order valence-electron chi connectivity index (χ1n) is 30.1. The number of benzene rings is 1. The minimum Gasteiger partial charge on any atom is -0.394 e. The monoisotopic (exact) mass is 1210 g/mol. The number of hydrogen-bond acceptors (Lipinski definition) is 17. The fourth-order valence-corrected chi connectivity index (χ4v) is 10.9. The molecule has 1 aromatic heterocycles. The van der Waals surface area contributed by atoms with Crippen molar-refractivity contribution in [3.8, 4) is 0 Å². The van der Waals surface area contributed by atoms with Gasteiger partial charge >= 0.3 is 7.60 Å². The number of aliphatic hydroxyl groups excluding tert-OH is 1. The molecule has 0 bridgehead atoms. The smallest absolute Gasteiger partial charge is 0.325 e. The van der Waals surface area contributed by atoms with Crippen molar-refractivity contribution in [2.24, 2.45) is 23.7 Å². The zero-order valence-electron chi connectivity index (χ0n) is 50.7. The Morgan fingerprint density at radius 3 is 1.77 bits per heavy atom. The molecular formula is C60H100N5O18P. The molecule has 23 nitrogen and oxygen atoms in total. The van der Waals surface area contributed by atoms with E-state index >= 15 is 0 Å². The number of aromatic nitrogens is 2. The lowest BCUT2D eigenvalue weighted by Crippen LogP contribution is -2.52. The lowest BCUT2D eigenvalue weighted by atomic mass is 9.85. The van der Waals surface area contributed by atoms with Gasteiger partial charge in [0.2, 0.25) is 17.7 Å². The topological polar surface area (TPSA) is 299 Å². The van der Waals surface area contributed by atoms with E-state index < -0.39 is 91.8 Å². The van der Waals surface area contributed by atoms with Gasteiger partial charge < -0.3 is 72.9 Å². The molecule has 0 aliphatic carbocycles. The Balaban J connectivity index is 1.52. The third kappa shape index (κ3) is 32.4. The Morgan fingerprint density at radius 1 is 0.702 bits per heavy atom.